The molecule has 1 aliphatic rings. The van der Waals surface area contributed by atoms with Crippen molar-refractivity contribution in [2.75, 3.05) is 6.61 Å². The molecule has 0 amide bonds. The van der Waals surface area contributed by atoms with E-state index in [2.05, 4.69) is 5.10 Å². The van der Waals surface area contributed by atoms with Gasteiger partial charge in [-0.05, 0) is 17.5 Å². The summed E-state index contributed by atoms with van der Waals surface area (Å²) in [4.78, 5) is 47.5. The van der Waals surface area contributed by atoms with Gasteiger partial charge in [0, 0.05) is 34.1 Å². The van der Waals surface area contributed by atoms with E-state index in [4.69, 9.17) is 28.4 Å². The molecule has 15 heteroatoms. The molecule has 230 valence electrons. The van der Waals surface area contributed by atoms with Crippen molar-refractivity contribution in [3.8, 4) is 5.88 Å². The van der Waals surface area contributed by atoms with Gasteiger partial charge in [-0.1, -0.05) is 31.2 Å². The van der Waals surface area contributed by atoms with E-state index in [-0.39, 0.29) is 12.0 Å². The van der Waals surface area contributed by atoms with Gasteiger partial charge in [0.05, 0.1) is 5.56 Å². The van der Waals surface area contributed by atoms with Gasteiger partial charge in [-0.2, -0.15) is 13.2 Å². The fourth-order valence-corrected chi connectivity index (χ4v) is 4.34. The van der Waals surface area contributed by atoms with Crippen LogP contribution >= 0.6 is 0 Å². The summed E-state index contributed by atoms with van der Waals surface area (Å²) >= 11 is 0. The van der Waals surface area contributed by atoms with Crippen molar-refractivity contribution in [1.82, 2.24) is 10.2 Å². The number of nitrogens with one attached hydrogen (secondary N) is 1. The molecule has 3 rings (SSSR count). The average Bonchev–Trinajstić information content (AvgIpc) is 3.28. The summed E-state index contributed by atoms with van der Waals surface area (Å²) < 4.78 is 74.4. The highest BCUT2D eigenvalue weighted by molar-refractivity contribution is 5.68. The Morgan fingerprint density at radius 2 is 1.40 bits per heavy atom. The van der Waals surface area contributed by atoms with Crippen LogP contribution in [0.4, 0.5) is 13.2 Å². The second kappa shape index (κ2) is 13.7. The lowest BCUT2D eigenvalue weighted by molar-refractivity contribution is -0.289. The zero-order chi connectivity index (χ0) is 31.2. The topological polar surface area (TPSA) is 152 Å². The molecule has 12 nitrogen and oxygen atoms in total. The number of alkyl halides is 3. The Morgan fingerprint density at radius 3 is 1.93 bits per heavy atom. The van der Waals surface area contributed by atoms with Crippen LogP contribution in [0, 0.1) is 0 Å². The van der Waals surface area contributed by atoms with Gasteiger partial charge < -0.3 is 28.4 Å². The molecule has 1 saturated heterocycles. The van der Waals surface area contributed by atoms with Crippen molar-refractivity contribution in [1.29, 1.82) is 0 Å². The minimum absolute atomic E-state index is 0.254. The molecule has 0 spiro atoms. The Morgan fingerprint density at radius 1 is 0.857 bits per heavy atom. The Labute approximate surface area is 238 Å². The molecule has 42 heavy (non-hydrogen) atoms. The fourth-order valence-electron chi connectivity index (χ4n) is 4.34. The number of nitrogens with zero attached hydrogens (tertiary/aromatic N) is 1. The van der Waals surface area contributed by atoms with Gasteiger partial charge in [-0.3, -0.25) is 24.3 Å². The first-order chi connectivity index (χ1) is 19.7. The molecule has 1 aromatic carbocycles. The summed E-state index contributed by atoms with van der Waals surface area (Å²) in [6, 6.07) is 6.90. The van der Waals surface area contributed by atoms with E-state index >= 15 is 0 Å². The first-order valence-corrected chi connectivity index (χ1v) is 12.9. The molecule has 0 radical (unpaired) electrons. The summed E-state index contributed by atoms with van der Waals surface area (Å²) in [5.41, 5.74) is -0.0521. The normalized spacial score (nSPS) is 22.1. The van der Waals surface area contributed by atoms with Gasteiger partial charge in [0.25, 0.3) is 0 Å². The second-order valence-corrected chi connectivity index (χ2v) is 9.41. The fraction of sp³-hybridized carbons (Fsp3) is 0.519. The predicted molar refractivity (Wildman–Crippen MR) is 135 cm³/mol. The predicted octanol–water partition coefficient (Wildman–Crippen LogP) is 3.04. The van der Waals surface area contributed by atoms with Gasteiger partial charge in [-0.25, -0.2) is 0 Å². The third-order valence-corrected chi connectivity index (χ3v) is 6.10. The third kappa shape index (κ3) is 8.44. The van der Waals surface area contributed by atoms with Crippen LogP contribution in [0.2, 0.25) is 0 Å². The lowest BCUT2D eigenvalue weighted by atomic mass is 9.98. The van der Waals surface area contributed by atoms with E-state index in [0.29, 0.717) is 5.56 Å². The van der Waals surface area contributed by atoms with E-state index in [1.165, 1.54) is 0 Å². The number of benzene rings is 1. The number of ether oxygens (including phenoxy) is 6. The van der Waals surface area contributed by atoms with Crippen LogP contribution in [-0.4, -0.2) is 71.4 Å². The summed E-state index contributed by atoms with van der Waals surface area (Å²) in [5.74, 6) is -3.89. The Kier molecular flexibility index (Phi) is 10.5. The molecular weight excluding hydrogens is 569 g/mol. The number of H-pyrrole nitrogens is 1. The molecule has 2 aromatic rings. The summed E-state index contributed by atoms with van der Waals surface area (Å²) in [7, 11) is 0. The van der Waals surface area contributed by atoms with Crippen LogP contribution in [0.3, 0.4) is 0 Å². The average molecular weight is 601 g/mol. The maximum absolute atomic E-state index is 13.9. The minimum atomic E-state index is -4.84. The SMILES string of the molecule is CCc1ccc(Cc2c(OC3O[C@H](COC(C)=O)[C@@H](OC(C)=O)[C@H](OC(C)=O)[C@H]3OC(C)=O)n[nH]c2C(F)(F)F)cc1. The summed E-state index contributed by atoms with van der Waals surface area (Å²) in [6.45, 7) is 5.61. The summed E-state index contributed by atoms with van der Waals surface area (Å²) in [6.07, 6.45) is -12.1. The van der Waals surface area contributed by atoms with E-state index in [9.17, 15) is 32.3 Å². The maximum atomic E-state index is 13.9. The highest BCUT2D eigenvalue weighted by Crippen LogP contribution is 2.37. The van der Waals surface area contributed by atoms with Crippen molar-refractivity contribution in [3.05, 3.63) is 46.6 Å². The standard InChI is InChI=1S/C27H31F3N2O10/c1-6-17-7-9-18(10-8-17)11-19-24(27(28,29)30)31-32-25(19)42-26-23(40-16(5)36)22(39-15(4)35)21(38-14(3)34)20(41-26)12-37-13(2)33/h7-10,20-23,26H,6,11-12H2,1-5H3,(H,31,32)/t20-,21-,22+,23-,26?/m1/s1. The highest BCUT2D eigenvalue weighted by atomic mass is 19.4. The number of carbonyl (C=O) groups excluding carboxylic acids is 4. The van der Waals surface area contributed by atoms with Crippen molar-refractivity contribution in [2.24, 2.45) is 0 Å². The van der Waals surface area contributed by atoms with Crippen molar-refractivity contribution < 1.29 is 60.8 Å². The lowest BCUT2D eigenvalue weighted by Gasteiger charge is -2.43. The molecular formula is C27H31F3N2O10. The number of hydrogen-bond donors (Lipinski definition) is 1. The second-order valence-electron chi connectivity index (χ2n) is 9.41. The highest BCUT2D eigenvalue weighted by Gasteiger charge is 2.54. The zero-order valence-corrected chi connectivity index (χ0v) is 23.5. The van der Waals surface area contributed by atoms with Crippen LogP contribution < -0.4 is 4.74 Å². The van der Waals surface area contributed by atoms with E-state index in [1.807, 2.05) is 12.0 Å². The molecule has 1 aliphatic heterocycles. The molecule has 1 aromatic heterocycles. The number of halogens is 3. The number of hydrogen-bond acceptors (Lipinski definition) is 11. The van der Waals surface area contributed by atoms with Crippen LogP contribution in [0.1, 0.15) is 57.0 Å². The van der Waals surface area contributed by atoms with Crippen molar-refractivity contribution >= 4 is 23.9 Å². The lowest BCUT2D eigenvalue weighted by Crippen LogP contribution is -2.63. The molecule has 1 fully saturated rings. The smallest absolute Gasteiger partial charge is 0.433 e. The summed E-state index contributed by atoms with van der Waals surface area (Å²) in [5, 5.41) is 5.65. The molecule has 2 heterocycles. The van der Waals surface area contributed by atoms with Crippen molar-refractivity contribution in [3.63, 3.8) is 0 Å². The largest absolute Gasteiger partial charge is 0.463 e. The van der Waals surface area contributed by atoms with Crippen LogP contribution in [0.25, 0.3) is 0 Å². The van der Waals surface area contributed by atoms with E-state index in [1.54, 1.807) is 24.3 Å². The number of rotatable bonds is 10. The molecule has 5 atom stereocenters. The Hall–Kier alpha value is -4.14. The molecule has 1 N–H and O–H groups in total. The van der Waals surface area contributed by atoms with Crippen LogP contribution in [0.5, 0.6) is 5.88 Å². The number of carbonyl (C=O) groups is 4. The quantitative estimate of drug-likeness (QED) is 0.316. The van der Waals surface area contributed by atoms with Gasteiger partial charge >= 0.3 is 30.1 Å². The number of aromatic nitrogens is 2. The van der Waals surface area contributed by atoms with Gasteiger partial charge in [0.1, 0.15) is 18.4 Å². The molecule has 0 saturated carbocycles. The van der Waals surface area contributed by atoms with E-state index in [0.717, 1.165) is 39.7 Å². The molecule has 0 bridgehead atoms. The van der Waals surface area contributed by atoms with E-state index < -0.39 is 78.9 Å². The molecule has 1 unspecified atom stereocenters. The molecule has 0 aliphatic carbocycles. The zero-order valence-electron chi connectivity index (χ0n) is 23.5. The monoisotopic (exact) mass is 600 g/mol. The first kappa shape index (κ1) is 32.4. The number of esters is 4. The van der Waals surface area contributed by atoms with Crippen LogP contribution in [-0.2, 0) is 61.9 Å². The van der Waals surface area contributed by atoms with Crippen LogP contribution in [0.15, 0.2) is 24.3 Å². The minimum Gasteiger partial charge on any atom is -0.463 e. The van der Waals surface area contributed by atoms with Gasteiger partial charge in [-0.15, -0.1) is 5.10 Å². The van der Waals surface area contributed by atoms with Gasteiger partial charge in [0.2, 0.25) is 18.3 Å². The third-order valence-electron chi connectivity index (χ3n) is 6.10. The van der Waals surface area contributed by atoms with Crippen molar-refractivity contribution in [2.45, 2.75) is 84.3 Å². The number of aromatic amines is 1. The Balaban J connectivity index is 2.07. The Bertz CT molecular complexity index is 1280. The number of aryl methyl sites for hydroxylation is 1. The maximum Gasteiger partial charge on any atom is 0.433 e. The first-order valence-electron chi connectivity index (χ1n) is 12.9. The van der Waals surface area contributed by atoms with Gasteiger partial charge in [0.15, 0.2) is 12.2 Å².